The Balaban J connectivity index is 0.00000176. The minimum absolute atomic E-state index is 0.0245. The van der Waals surface area contributed by atoms with Crippen LogP contribution in [-0.2, 0) is 17.8 Å². The molecule has 2 aliphatic heterocycles. The summed E-state index contributed by atoms with van der Waals surface area (Å²) in [5.74, 6) is -0.693. The van der Waals surface area contributed by atoms with E-state index in [9.17, 15) is 23.2 Å². The predicted octanol–water partition coefficient (Wildman–Crippen LogP) is 6.37. The first kappa shape index (κ1) is 27.6. The van der Waals surface area contributed by atoms with Crippen LogP contribution < -0.4 is 0 Å². The molecule has 1 atom stereocenters. The Morgan fingerprint density at radius 2 is 1.92 bits per heavy atom. The van der Waals surface area contributed by atoms with Crippen molar-refractivity contribution in [2.24, 2.45) is 0 Å². The van der Waals surface area contributed by atoms with E-state index in [0.29, 0.717) is 43.5 Å². The van der Waals surface area contributed by atoms with Crippen LogP contribution in [-0.4, -0.2) is 28.8 Å². The van der Waals surface area contributed by atoms with Crippen molar-refractivity contribution < 1.29 is 18.0 Å². The Labute approximate surface area is 217 Å². The van der Waals surface area contributed by atoms with Gasteiger partial charge in [0.2, 0.25) is 5.91 Å². The number of alkyl halides is 2. The lowest BCUT2D eigenvalue weighted by molar-refractivity contribution is -0.131. The molecule has 36 heavy (non-hydrogen) atoms. The monoisotopic (exact) mass is 529 g/mol. The van der Waals surface area contributed by atoms with Crippen molar-refractivity contribution in [3.05, 3.63) is 106 Å². The van der Waals surface area contributed by atoms with E-state index >= 15 is 0 Å². The van der Waals surface area contributed by atoms with Gasteiger partial charge in [0, 0.05) is 49.0 Å². The summed E-state index contributed by atoms with van der Waals surface area (Å²) in [5.41, 5.74) is 3.51. The zero-order valence-electron chi connectivity index (χ0n) is 19.6. The smallest absolute Gasteiger partial charge is 0.263 e. The molecule has 0 aliphatic carbocycles. The third-order valence-corrected chi connectivity index (χ3v) is 6.25. The van der Waals surface area contributed by atoms with Gasteiger partial charge in [0.1, 0.15) is 11.9 Å². The van der Waals surface area contributed by atoms with E-state index in [1.807, 2.05) is 30.3 Å². The summed E-state index contributed by atoms with van der Waals surface area (Å²) in [6.07, 6.45) is 0.425. The zero-order valence-corrected chi connectivity index (χ0v) is 21.7. The number of thiol groups is 1. The van der Waals surface area contributed by atoms with Gasteiger partial charge in [-0.3, -0.25) is 4.79 Å². The van der Waals surface area contributed by atoms with Gasteiger partial charge < -0.3 is 9.80 Å². The first-order valence-electron chi connectivity index (χ1n) is 11.3. The van der Waals surface area contributed by atoms with Crippen LogP contribution in [0.2, 0.25) is 0 Å². The third kappa shape index (κ3) is 6.40. The lowest BCUT2D eigenvalue weighted by atomic mass is 9.90. The number of allylic oxidation sites excluding steroid dienone is 1. The highest BCUT2D eigenvalue weighted by atomic mass is 32.7. The summed E-state index contributed by atoms with van der Waals surface area (Å²) in [6.45, 7) is 4.97. The molecule has 2 heterocycles. The molecule has 0 spiro atoms. The molecule has 4 nitrogen and oxygen atoms in total. The van der Waals surface area contributed by atoms with Crippen LogP contribution in [0.5, 0.6) is 0 Å². The van der Waals surface area contributed by atoms with Gasteiger partial charge in [-0.05, 0) is 29.2 Å². The van der Waals surface area contributed by atoms with Gasteiger partial charge in [0.15, 0.2) is 0 Å². The van der Waals surface area contributed by atoms with Gasteiger partial charge in [0.05, 0.1) is 12.1 Å². The molecule has 0 aromatic heterocycles. The van der Waals surface area contributed by atoms with Crippen molar-refractivity contribution in [3.63, 3.8) is 0 Å². The molecule has 0 N–H and O–H groups in total. The van der Waals surface area contributed by atoms with Crippen molar-refractivity contribution in [1.82, 2.24) is 9.80 Å². The van der Waals surface area contributed by atoms with Crippen molar-refractivity contribution >= 4 is 26.6 Å². The number of halogens is 3. The van der Waals surface area contributed by atoms with Gasteiger partial charge in [-0.15, -0.1) is 0 Å². The van der Waals surface area contributed by atoms with Crippen molar-refractivity contribution in [2.75, 3.05) is 13.1 Å². The maximum absolute atomic E-state index is 14.5. The van der Waals surface area contributed by atoms with Gasteiger partial charge >= 0.3 is 0 Å². The van der Waals surface area contributed by atoms with Gasteiger partial charge in [-0.2, -0.15) is 17.5 Å². The van der Waals surface area contributed by atoms with Crippen LogP contribution in [0.3, 0.4) is 0 Å². The maximum Gasteiger partial charge on any atom is 0.263 e. The van der Waals surface area contributed by atoms with Crippen molar-refractivity contribution in [2.45, 2.75) is 32.2 Å². The fourth-order valence-electron chi connectivity index (χ4n) is 4.33. The Morgan fingerprint density at radius 1 is 1.19 bits per heavy atom. The number of aryl methyl sites for hydroxylation is 1. The molecule has 0 fully saturated rings. The Morgan fingerprint density at radius 3 is 2.56 bits per heavy atom. The molecule has 4 rings (SSSR count). The van der Waals surface area contributed by atoms with Crippen LogP contribution in [0.15, 0.2) is 83.7 Å². The molecule has 2 aromatic rings. The van der Waals surface area contributed by atoms with E-state index in [1.54, 1.807) is 16.0 Å². The number of benzene rings is 2. The summed E-state index contributed by atoms with van der Waals surface area (Å²) < 4.78 is 40.3. The second kappa shape index (κ2) is 12.8. The number of carbonyl (C=O) groups excluding carboxylic acids is 1. The predicted molar refractivity (Wildman–Crippen MR) is 141 cm³/mol. The van der Waals surface area contributed by atoms with E-state index in [2.05, 4.69) is 33.3 Å². The molecular formula is C27H27F3N3OPS. The molecule has 188 valence electrons. The molecule has 1 unspecified atom stereocenters. The number of carbonyl (C=O) groups is 1. The highest BCUT2D eigenvalue weighted by molar-refractivity contribution is 8.31. The zero-order chi connectivity index (χ0) is 26.2. The lowest BCUT2D eigenvalue weighted by Gasteiger charge is -2.39. The summed E-state index contributed by atoms with van der Waals surface area (Å²) in [7, 11) is 2.11. The number of rotatable bonds is 6. The molecule has 1 amide bonds. The molecule has 0 bridgehead atoms. The van der Waals surface area contributed by atoms with Crippen LogP contribution in [0.25, 0.3) is 0 Å². The fourth-order valence-corrected chi connectivity index (χ4v) is 4.33. The highest BCUT2D eigenvalue weighted by Gasteiger charge is 2.31. The number of nitriles is 1. The molecule has 0 saturated carbocycles. The Hall–Kier alpha value is -3.01. The van der Waals surface area contributed by atoms with E-state index < -0.39 is 12.2 Å². The second-order valence-electron chi connectivity index (χ2n) is 8.39. The number of nitrogens with zero attached hydrogens (tertiary/aromatic N) is 3. The van der Waals surface area contributed by atoms with Crippen molar-refractivity contribution in [1.29, 1.82) is 5.26 Å². The molecule has 2 aromatic carbocycles. The largest absolute Gasteiger partial charge is 0.345 e. The van der Waals surface area contributed by atoms with Crippen molar-refractivity contribution in [3.8, 4) is 6.07 Å². The van der Waals surface area contributed by atoms with E-state index in [-0.39, 0.29) is 23.6 Å². The maximum atomic E-state index is 14.5. The topological polar surface area (TPSA) is 47.3 Å². The summed E-state index contributed by atoms with van der Waals surface area (Å²) >= 11 is 3.44. The van der Waals surface area contributed by atoms with Crippen LogP contribution in [0.1, 0.15) is 36.0 Å². The molecule has 0 saturated heterocycles. The Kier molecular flexibility index (Phi) is 9.81. The van der Waals surface area contributed by atoms with E-state index in [4.69, 9.17) is 0 Å². The SMILES string of the molecule is C=C1C(C#N)=CN(Cc2ccc(C(F)F)cc2F)C2=C1CN(C(=O)CCc1ccccc1)CC2.PS. The van der Waals surface area contributed by atoms with Gasteiger partial charge in [0.25, 0.3) is 6.43 Å². The number of hydrogen-bond acceptors (Lipinski definition) is 4. The third-order valence-electron chi connectivity index (χ3n) is 6.25. The minimum Gasteiger partial charge on any atom is -0.345 e. The standard InChI is InChI=1S/C27H24F3N3O.H3PS/c1-18-22(14-31)16-33(15-21-9-8-20(27(29)30)13-24(21)28)25-11-12-32(17-23(18)25)26(34)10-7-19-5-3-2-4-6-19;1-2/h2-6,8-9,13,16,27H,1,7,10-12,15,17H2;2H,1H2. The van der Waals surface area contributed by atoms with Crippen LogP contribution >= 0.6 is 20.7 Å². The quantitative estimate of drug-likeness (QED) is 0.350. The fraction of sp³-hybridized carbons (Fsp3) is 0.259. The molecule has 2 aliphatic rings. The first-order valence-corrected chi connectivity index (χ1v) is 13.4. The van der Waals surface area contributed by atoms with Gasteiger partial charge in [-0.25, -0.2) is 13.2 Å². The van der Waals surface area contributed by atoms with Gasteiger partial charge in [-0.1, -0.05) is 57.5 Å². The second-order valence-corrected chi connectivity index (χ2v) is 8.39. The average Bonchev–Trinajstić information content (AvgIpc) is 2.91. The Bertz CT molecular complexity index is 1220. The average molecular weight is 530 g/mol. The normalized spacial score (nSPS) is 15.1. The van der Waals surface area contributed by atoms with E-state index in [0.717, 1.165) is 22.9 Å². The lowest BCUT2D eigenvalue weighted by Crippen LogP contribution is -2.41. The van der Waals surface area contributed by atoms with Crippen LogP contribution in [0, 0.1) is 17.1 Å². The first-order chi connectivity index (χ1) is 17.4. The molecular weight excluding hydrogens is 502 g/mol. The summed E-state index contributed by atoms with van der Waals surface area (Å²) in [4.78, 5) is 16.4. The van der Waals surface area contributed by atoms with E-state index in [1.165, 1.54) is 12.1 Å². The molecule has 0 radical (unpaired) electrons. The number of amides is 1. The summed E-state index contributed by atoms with van der Waals surface area (Å²) in [5, 5.41) is 9.61. The highest BCUT2D eigenvalue weighted by Crippen LogP contribution is 2.36. The van der Waals surface area contributed by atoms with Crippen LogP contribution in [0.4, 0.5) is 13.2 Å². The summed E-state index contributed by atoms with van der Waals surface area (Å²) in [6, 6.07) is 15.3. The minimum atomic E-state index is -2.75. The number of hydrogen-bond donors (Lipinski definition) is 1. The molecule has 9 heteroatoms.